The Balaban J connectivity index is 1.75. The van der Waals surface area contributed by atoms with E-state index in [0.717, 1.165) is 31.7 Å². The van der Waals surface area contributed by atoms with Crippen LogP contribution >= 0.6 is 11.6 Å². The lowest BCUT2D eigenvalue weighted by Gasteiger charge is -2.37. The number of hydrogen-bond donors (Lipinski definition) is 2. The van der Waals surface area contributed by atoms with Crippen molar-refractivity contribution < 1.29 is 9.59 Å². The summed E-state index contributed by atoms with van der Waals surface area (Å²) in [4.78, 5) is 28.3. The first-order valence-corrected chi connectivity index (χ1v) is 9.13. The Bertz CT molecular complexity index is 588. The molecule has 0 aromatic heterocycles. The highest BCUT2D eigenvalue weighted by atomic mass is 35.5. The average Bonchev–Trinajstić information content (AvgIpc) is 2.61. The maximum absolute atomic E-state index is 12.4. The Morgan fingerprint density at radius 3 is 2.48 bits per heavy atom. The zero-order valence-corrected chi connectivity index (χ0v) is 15.7. The van der Waals surface area contributed by atoms with Crippen molar-refractivity contribution >= 4 is 23.4 Å². The van der Waals surface area contributed by atoms with Gasteiger partial charge in [0, 0.05) is 44.3 Å². The molecule has 1 aliphatic rings. The highest BCUT2D eigenvalue weighted by Gasteiger charge is 2.26. The minimum atomic E-state index is -0.200. The van der Waals surface area contributed by atoms with E-state index in [1.807, 2.05) is 38.1 Å². The SMILES string of the molecule is CCNC(=O)CN1CCN(C(C)C(=O)NCc2ccccc2Cl)CC1. The molecule has 7 heteroatoms. The fraction of sp³-hybridized carbons (Fsp3) is 0.556. The third kappa shape index (κ3) is 5.99. The van der Waals surface area contributed by atoms with E-state index >= 15 is 0 Å². The predicted molar refractivity (Wildman–Crippen MR) is 99.5 cm³/mol. The summed E-state index contributed by atoms with van der Waals surface area (Å²) in [6.07, 6.45) is 0. The maximum Gasteiger partial charge on any atom is 0.237 e. The van der Waals surface area contributed by atoms with Gasteiger partial charge in [-0.2, -0.15) is 0 Å². The van der Waals surface area contributed by atoms with Gasteiger partial charge in [-0.3, -0.25) is 19.4 Å². The molecule has 1 fully saturated rings. The molecule has 25 heavy (non-hydrogen) atoms. The van der Waals surface area contributed by atoms with Crippen LogP contribution in [-0.2, 0) is 16.1 Å². The lowest BCUT2D eigenvalue weighted by atomic mass is 10.2. The molecule has 0 radical (unpaired) electrons. The lowest BCUT2D eigenvalue weighted by Crippen LogP contribution is -2.55. The molecule has 0 saturated carbocycles. The quantitative estimate of drug-likeness (QED) is 0.758. The van der Waals surface area contributed by atoms with Gasteiger partial charge in [-0.25, -0.2) is 0 Å². The van der Waals surface area contributed by atoms with Crippen molar-refractivity contribution in [2.75, 3.05) is 39.3 Å². The summed E-state index contributed by atoms with van der Waals surface area (Å²) < 4.78 is 0. The fourth-order valence-corrected chi connectivity index (χ4v) is 3.11. The zero-order valence-electron chi connectivity index (χ0n) is 14.9. The van der Waals surface area contributed by atoms with Crippen molar-refractivity contribution in [3.05, 3.63) is 34.9 Å². The van der Waals surface area contributed by atoms with Crippen LogP contribution < -0.4 is 10.6 Å². The molecule has 0 bridgehead atoms. The minimum absolute atomic E-state index is 0.00269. The van der Waals surface area contributed by atoms with Crippen LogP contribution in [0.3, 0.4) is 0 Å². The fourth-order valence-electron chi connectivity index (χ4n) is 2.90. The van der Waals surface area contributed by atoms with E-state index in [0.29, 0.717) is 24.7 Å². The molecule has 2 amide bonds. The Hall–Kier alpha value is -1.63. The number of hydrogen-bond acceptors (Lipinski definition) is 4. The molecule has 0 aliphatic carbocycles. The smallest absolute Gasteiger partial charge is 0.237 e. The van der Waals surface area contributed by atoms with Crippen LogP contribution in [0.4, 0.5) is 0 Å². The number of rotatable bonds is 7. The number of nitrogens with one attached hydrogen (secondary N) is 2. The van der Waals surface area contributed by atoms with Crippen LogP contribution in [0.1, 0.15) is 19.4 Å². The lowest BCUT2D eigenvalue weighted by molar-refractivity contribution is -0.128. The first kappa shape index (κ1) is 19.7. The van der Waals surface area contributed by atoms with Gasteiger partial charge in [-0.05, 0) is 25.5 Å². The third-order valence-electron chi connectivity index (χ3n) is 4.49. The Morgan fingerprint density at radius 2 is 1.84 bits per heavy atom. The highest BCUT2D eigenvalue weighted by Crippen LogP contribution is 2.14. The topological polar surface area (TPSA) is 64.7 Å². The van der Waals surface area contributed by atoms with Crippen LogP contribution in [0, 0.1) is 0 Å². The number of benzene rings is 1. The van der Waals surface area contributed by atoms with Gasteiger partial charge in [-0.15, -0.1) is 0 Å². The summed E-state index contributed by atoms with van der Waals surface area (Å²) in [7, 11) is 0. The van der Waals surface area contributed by atoms with Gasteiger partial charge in [0.25, 0.3) is 0 Å². The number of likely N-dealkylation sites (N-methyl/N-ethyl adjacent to an activating group) is 1. The van der Waals surface area contributed by atoms with E-state index < -0.39 is 0 Å². The first-order valence-electron chi connectivity index (χ1n) is 8.75. The average molecular weight is 367 g/mol. The monoisotopic (exact) mass is 366 g/mol. The van der Waals surface area contributed by atoms with E-state index in [9.17, 15) is 9.59 Å². The van der Waals surface area contributed by atoms with E-state index in [1.54, 1.807) is 0 Å². The van der Waals surface area contributed by atoms with E-state index in [2.05, 4.69) is 20.4 Å². The molecular weight excluding hydrogens is 340 g/mol. The van der Waals surface area contributed by atoms with E-state index in [4.69, 9.17) is 11.6 Å². The second kappa shape index (κ2) is 9.75. The summed E-state index contributed by atoms with van der Waals surface area (Å²) in [5.41, 5.74) is 0.913. The third-order valence-corrected chi connectivity index (χ3v) is 4.85. The molecule has 138 valence electrons. The second-order valence-corrected chi connectivity index (χ2v) is 6.66. The highest BCUT2D eigenvalue weighted by molar-refractivity contribution is 6.31. The molecule has 1 saturated heterocycles. The molecular formula is C18H27ClN4O2. The van der Waals surface area contributed by atoms with Gasteiger partial charge in [0.05, 0.1) is 12.6 Å². The van der Waals surface area contributed by atoms with E-state index in [-0.39, 0.29) is 17.9 Å². The van der Waals surface area contributed by atoms with Gasteiger partial charge in [0.2, 0.25) is 11.8 Å². The van der Waals surface area contributed by atoms with Gasteiger partial charge >= 0.3 is 0 Å². The number of halogens is 1. The molecule has 0 spiro atoms. The maximum atomic E-state index is 12.4. The van der Waals surface area contributed by atoms with Crippen LogP contribution in [-0.4, -0.2) is 66.9 Å². The molecule has 2 rings (SSSR count). The Morgan fingerprint density at radius 1 is 1.16 bits per heavy atom. The Kier molecular flexibility index (Phi) is 7.68. The molecule has 1 unspecified atom stereocenters. The van der Waals surface area contributed by atoms with Gasteiger partial charge in [0.15, 0.2) is 0 Å². The number of amides is 2. The van der Waals surface area contributed by atoms with Crippen molar-refractivity contribution in [2.24, 2.45) is 0 Å². The van der Waals surface area contributed by atoms with Crippen molar-refractivity contribution in [1.82, 2.24) is 20.4 Å². The van der Waals surface area contributed by atoms with Gasteiger partial charge < -0.3 is 10.6 Å². The summed E-state index contributed by atoms with van der Waals surface area (Å²) in [5, 5.41) is 6.43. The number of carbonyl (C=O) groups is 2. The predicted octanol–water partition coefficient (Wildman–Crippen LogP) is 1.10. The first-order chi connectivity index (χ1) is 12.0. The molecule has 1 aliphatic heterocycles. The van der Waals surface area contributed by atoms with Crippen LogP contribution in [0.2, 0.25) is 5.02 Å². The van der Waals surface area contributed by atoms with Crippen molar-refractivity contribution in [1.29, 1.82) is 0 Å². The zero-order chi connectivity index (χ0) is 18.2. The molecule has 6 nitrogen and oxygen atoms in total. The second-order valence-electron chi connectivity index (χ2n) is 6.25. The largest absolute Gasteiger partial charge is 0.355 e. The summed E-state index contributed by atoms with van der Waals surface area (Å²) in [6.45, 7) is 8.48. The molecule has 1 heterocycles. The van der Waals surface area contributed by atoms with Crippen LogP contribution in [0.5, 0.6) is 0 Å². The number of carbonyl (C=O) groups excluding carboxylic acids is 2. The summed E-state index contributed by atoms with van der Waals surface area (Å²) in [6, 6.07) is 7.31. The molecule has 1 aromatic rings. The normalized spacial score (nSPS) is 17.1. The molecule has 1 atom stereocenters. The van der Waals surface area contributed by atoms with Crippen molar-refractivity contribution in [3.8, 4) is 0 Å². The Labute approximate surface area is 154 Å². The van der Waals surface area contributed by atoms with Crippen LogP contribution in [0.25, 0.3) is 0 Å². The van der Waals surface area contributed by atoms with Crippen molar-refractivity contribution in [2.45, 2.75) is 26.4 Å². The molecule has 2 N–H and O–H groups in total. The van der Waals surface area contributed by atoms with E-state index in [1.165, 1.54) is 0 Å². The standard InChI is InChI=1S/C18H27ClN4O2/c1-3-20-17(24)13-22-8-10-23(11-9-22)14(2)18(25)21-12-15-6-4-5-7-16(15)19/h4-7,14H,3,8-13H2,1-2H3,(H,20,24)(H,21,25). The van der Waals surface area contributed by atoms with Crippen molar-refractivity contribution in [3.63, 3.8) is 0 Å². The number of piperazine rings is 1. The number of nitrogens with zero attached hydrogens (tertiary/aromatic N) is 2. The minimum Gasteiger partial charge on any atom is -0.355 e. The molecule has 1 aromatic carbocycles. The summed E-state index contributed by atoms with van der Waals surface area (Å²) in [5.74, 6) is 0.0542. The summed E-state index contributed by atoms with van der Waals surface area (Å²) >= 11 is 6.12. The van der Waals surface area contributed by atoms with Crippen LogP contribution in [0.15, 0.2) is 24.3 Å². The van der Waals surface area contributed by atoms with Gasteiger partial charge in [-0.1, -0.05) is 29.8 Å². The van der Waals surface area contributed by atoms with Gasteiger partial charge in [0.1, 0.15) is 0 Å².